The maximum atomic E-state index is 6.59. The number of rotatable bonds is 12. The molecule has 220 valence electrons. The zero-order valence-corrected chi connectivity index (χ0v) is 27.2. The van der Waals surface area contributed by atoms with E-state index in [-0.39, 0.29) is 5.16 Å². The molecule has 0 aromatic heterocycles. The van der Waals surface area contributed by atoms with Crippen molar-refractivity contribution in [1.29, 1.82) is 0 Å². The van der Waals surface area contributed by atoms with Gasteiger partial charge in [-0.05, 0) is 59.5 Å². The van der Waals surface area contributed by atoms with Crippen LogP contribution in [-0.4, -0.2) is 4.90 Å². The lowest BCUT2D eigenvalue weighted by molar-refractivity contribution is 0.248. The Morgan fingerprint density at radius 3 is 1.74 bits per heavy atom. The third-order valence-corrected chi connectivity index (χ3v) is 9.87. The first-order chi connectivity index (χ1) is 20.8. The monoisotopic (exact) mass is 585 g/mol. The summed E-state index contributed by atoms with van der Waals surface area (Å²) in [5.74, 6) is 1.02. The fourth-order valence-electron chi connectivity index (χ4n) is 5.85. The molecule has 0 aliphatic heterocycles. The third-order valence-electron chi connectivity index (χ3n) is 8.01. The summed E-state index contributed by atoms with van der Waals surface area (Å²) >= 11 is 0. The SMILES string of the molecule is Cc1cc(C)c(OCc2ccccc2)c(C(C)(C)Pc2c(C)cccc2CN(Cc2ccccc2)Cc2ccccc2)c1. The first-order valence-electron chi connectivity index (χ1n) is 15.2. The van der Waals surface area contributed by atoms with Crippen LogP contribution in [0, 0.1) is 20.8 Å². The highest BCUT2D eigenvalue weighted by Crippen LogP contribution is 2.47. The Morgan fingerprint density at radius 1 is 0.605 bits per heavy atom. The van der Waals surface area contributed by atoms with Crippen LogP contribution in [0.1, 0.15) is 58.4 Å². The van der Waals surface area contributed by atoms with Crippen molar-refractivity contribution < 1.29 is 4.74 Å². The van der Waals surface area contributed by atoms with Gasteiger partial charge in [0.05, 0.1) is 0 Å². The van der Waals surface area contributed by atoms with E-state index in [2.05, 4.69) is 161 Å². The van der Waals surface area contributed by atoms with Gasteiger partial charge in [0, 0.05) is 30.4 Å². The molecular weight excluding hydrogens is 541 g/mol. The highest BCUT2D eigenvalue weighted by molar-refractivity contribution is 7.48. The Kier molecular flexibility index (Phi) is 10.1. The molecule has 0 saturated carbocycles. The predicted molar refractivity (Wildman–Crippen MR) is 185 cm³/mol. The molecule has 43 heavy (non-hydrogen) atoms. The number of nitrogens with zero attached hydrogens (tertiary/aromatic N) is 1. The van der Waals surface area contributed by atoms with Crippen LogP contribution in [0.5, 0.6) is 5.75 Å². The van der Waals surface area contributed by atoms with E-state index < -0.39 is 0 Å². The second kappa shape index (κ2) is 14.2. The highest BCUT2D eigenvalue weighted by atomic mass is 31.1. The van der Waals surface area contributed by atoms with Crippen LogP contribution in [0.25, 0.3) is 0 Å². The Bertz CT molecular complexity index is 1570. The van der Waals surface area contributed by atoms with Crippen molar-refractivity contribution in [1.82, 2.24) is 4.90 Å². The first-order valence-corrected chi connectivity index (χ1v) is 16.2. The van der Waals surface area contributed by atoms with E-state index in [1.54, 1.807) is 0 Å². The van der Waals surface area contributed by atoms with Gasteiger partial charge in [-0.1, -0.05) is 149 Å². The fraction of sp³-hybridized carbons (Fsp3) is 0.250. The van der Waals surface area contributed by atoms with Gasteiger partial charge in [0.25, 0.3) is 0 Å². The molecule has 0 saturated heterocycles. The molecular formula is C40H44NOP. The predicted octanol–water partition coefficient (Wildman–Crippen LogP) is 9.63. The van der Waals surface area contributed by atoms with Crippen LogP contribution in [0.2, 0.25) is 0 Å². The molecule has 1 atom stereocenters. The highest BCUT2D eigenvalue weighted by Gasteiger charge is 2.28. The lowest BCUT2D eigenvalue weighted by Crippen LogP contribution is -2.27. The van der Waals surface area contributed by atoms with E-state index in [9.17, 15) is 0 Å². The van der Waals surface area contributed by atoms with Crippen molar-refractivity contribution in [2.24, 2.45) is 0 Å². The average molecular weight is 586 g/mol. The molecule has 0 bridgehead atoms. The van der Waals surface area contributed by atoms with Crippen molar-refractivity contribution in [3.05, 3.63) is 166 Å². The van der Waals surface area contributed by atoms with Crippen LogP contribution in [0.4, 0.5) is 0 Å². The maximum absolute atomic E-state index is 6.59. The van der Waals surface area contributed by atoms with Gasteiger partial charge in [-0.25, -0.2) is 0 Å². The fourth-order valence-corrected chi connectivity index (χ4v) is 7.40. The van der Waals surface area contributed by atoms with Crippen LogP contribution in [0.15, 0.2) is 121 Å². The van der Waals surface area contributed by atoms with Crippen LogP contribution >= 0.6 is 8.58 Å². The van der Waals surface area contributed by atoms with Gasteiger partial charge in [-0.2, -0.15) is 0 Å². The molecule has 5 aromatic rings. The van der Waals surface area contributed by atoms with E-state index in [1.807, 2.05) is 0 Å². The maximum Gasteiger partial charge on any atom is 0.126 e. The molecule has 5 aromatic carbocycles. The summed E-state index contributed by atoms with van der Waals surface area (Å²) in [5.41, 5.74) is 10.4. The van der Waals surface area contributed by atoms with Crippen LogP contribution in [0.3, 0.4) is 0 Å². The van der Waals surface area contributed by atoms with Gasteiger partial charge in [-0.3, -0.25) is 4.90 Å². The summed E-state index contributed by atoms with van der Waals surface area (Å²) in [6.07, 6.45) is 0. The van der Waals surface area contributed by atoms with Gasteiger partial charge < -0.3 is 4.74 Å². The van der Waals surface area contributed by atoms with Crippen molar-refractivity contribution in [2.75, 3.05) is 0 Å². The van der Waals surface area contributed by atoms with Crippen LogP contribution in [-0.2, 0) is 31.4 Å². The lowest BCUT2D eigenvalue weighted by atomic mass is 9.96. The summed E-state index contributed by atoms with van der Waals surface area (Å²) in [6, 6.07) is 43.6. The summed E-state index contributed by atoms with van der Waals surface area (Å²) in [5, 5.41) is 1.36. The Hall–Kier alpha value is -3.71. The van der Waals surface area contributed by atoms with Gasteiger partial charge in [0.1, 0.15) is 12.4 Å². The number of hydrogen-bond acceptors (Lipinski definition) is 2. The van der Waals surface area contributed by atoms with Gasteiger partial charge in [0.15, 0.2) is 0 Å². The second-order valence-corrected chi connectivity index (χ2v) is 14.2. The molecule has 0 amide bonds. The number of aryl methyl sites for hydroxylation is 3. The van der Waals surface area contributed by atoms with E-state index in [1.165, 1.54) is 49.8 Å². The first kappa shape index (κ1) is 30.7. The summed E-state index contributed by atoms with van der Waals surface area (Å²) < 4.78 is 6.59. The third kappa shape index (κ3) is 8.23. The van der Waals surface area contributed by atoms with E-state index in [4.69, 9.17) is 4.74 Å². The summed E-state index contributed by atoms with van der Waals surface area (Å²) in [7, 11) is 0.595. The molecule has 0 aliphatic carbocycles. The molecule has 3 heteroatoms. The minimum atomic E-state index is -0.104. The Labute approximate surface area is 260 Å². The Morgan fingerprint density at radius 2 is 1.16 bits per heavy atom. The molecule has 2 nitrogen and oxygen atoms in total. The molecule has 5 rings (SSSR count). The smallest absolute Gasteiger partial charge is 0.126 e. The zero-order valence-electron chi connectivity index (χ0n) is 26.2. The van der Waals surface area contributed by atoms with Crippen molar-refractivity contribution in [3.63, 3.8) is 0 Å². The molecule has 0 N–H and O–H groups in total. The van der Waals surface area contributed by atoms with Gasteiger partial charge in [0.2, 0.25) is 0 Å². The number of ether oxygens (including phenoxy) is 1. The summed E-state index contributed by atoms with van der Waals surface area (Å²) in [6.45, 7) is 14.7. The summed E-state index contributed by atoms with van der Waals surface area (Å²) in [4.78, 5) is 2.58. The van der Waals surface area contributed by atoms with Gasteiger partial charge >= 0.3 is 0 Å². The molecule has 0 fully saturated rings. The van der Waals surface area contributed by atoms with Crippen LogP contribution < -0.4 is 10.0 Å². The van der Waals surface area contributed by atoms with Crippen molar-refractivity contribution in [3.8, 4) is 5.75 Å². The topological polar surface area (TPSA) is 12.5 Å². The lowest BCUT2D eigenvalue weighted by Gasteiger charge is -2.32. The molecule has 0 radical (unpaired) electrons. The van der Waals surface area contributed by atoms with Crippen molar-refractivity contribution >= 4 is 13.9 Å². The molecule has 0 spiro atoms. The molecule has 1 unspecified atom stereocenters. The normalized spacial score (nSPS) is 11.9. The Balaban J connectivity index is 1.45. The van der Waals surface area contributed by atoms with Crippen molar-refractivity contribution in [2.45, 2.75) is 66.0 Å². The minimum absolute atomic E-state index is 0.104. The molecule has 0 heterocycles. The van der Waals surface area contributed by atoms with E-state index >= 15 is 0 Å². The largest absolute Gasteiger partial charge is 0.488 e. The van der Waals surface area contributed by atoms with E-state index in [0.29, 0.717) is 15.2 Å². The van der Waals surface area contributed by atoms with E-state index in [0.717, 1.165) is 25.4 Å². The number of hydrogen-bond donors (Lipinski definition) is 0. The quantitative estimate of drug-likeness (QED) is 0.135. The average Bonchev–Trinajstić information content (AvgIpc) is 2.99. The van der Waals surface area contributed by atoms with Gasteiger partial charge in [-0.15, -0.1) is 0 Å². The minimum Gasteiger partial charge on any atom is -0.488 e. The second-order valence-electron chi connectivity index (χ2n) is 12.2. The standard InChI is InChI=1S/C40H44NOP/c1-30-24-32(3)38(42-29-35-21-13-8-14-22-35)37(25-30)40(4,5)43-39-31(2)16-15-23-36(39)28-41(26-33-17-9-6-10-18-33)27-34-19-11-7-12-20-34/h6-25,43H,26-29H2,1-5H3. The molecule has 0 aliphatic rings. The zero-order chi connectivity index (χ0) is 30.2. The number of benzene rings is 5.